The Morgan fingerprint density at radius 3 is 2.79 bits per heavy atom. The minimum atomic E-state index is -0.150. The number of ether oxygens (including phenoxy) is 1. The lowest BCUT2D eigenvalue weighted by atomic mass is 10.1. The molecule has 0 spiro atoms. The Hall–Kier alpha value is -2.50. The molecule has 1 atom stereocenters. The van der Waals surface area contributed by atoms with E-state index in [0.717, 1.165) is 17.8 Å². The van der Waals surface area contributed by atoms with Crippen molar-refractivity contribution in [2.24, 2.45) is 0 Å². The summed E-state index contributed by atoms with van der Waals surface area (Å²) in [5.41, 5.74) is 2.40. The van der Waals surface area contributed by atoms with Gasteiger partial charge in [-0.05, 0) is 55.8 Å². The van der Waals surface area contributed by atoms with Gasteiger partial charge in [0.25, 0.3) is 5.91 Å². The fourth-order valence-corrected chi connectivity index (χ4v) is 3.35. The number of amides is 1. The Morgan fingerprint density at radius 2 is 2.04 bits per heavy atom. The Labute approximate surface area is 174 Å². The summed E-state index contributed by atoms with van der Waals surface area (Å²) < 4.78 is 7.62. The van der Waals surface area contributed by atoms with Crippen molar-refractivity contribution in [1.82, 2.24) is 15.1 Å². The zero-order valence-corrected chi connectivity index (χ0v) is 17.2. The lowest BCUT2D eigenvalue weighted by Gasteiger charge is -2.16. The van der Waals surface area contributed by atoms with Gasteiger partial charge < -0.3 is 10.1 Å². The molecule has 28 heavy (non-hydrogen) atoms. The van der Waals surface area contributed by atoms with Gasteiger partial charge in [0.05, 0.1) is 16.8 Å². The quantitative estimate of drug-likeness (QED) is 0.568. The van der Waals surface area contributed by atoms with Crippen LogP contribution in [0.3, 0.4) is 0 Å². The predicted molar refractivity (Wildman–Crippen MR) is 111 cm³/mol. The summed E-state index contributed by atoms with van der Waals surface area (Å²) in [6, 6.07) is 14.1. The monoisotopic (exact) mass is 417 g/mol. The minimum absolute atomic E-state index is 0.150. The molecule has 0 radical (unpaired) electrons. The Kier molecular flexibility index (Phi) is 6.60. The molecule has 5 nitrogen and oxygen atoms in total. The molecule has 1 aromatic heterocycles. The molecule has 1 N–H and O–H groups in total. The molecule has 1 heterocycles. The summed E-state index contributed by atoms with van der Waals surface area (Å²) in [5.74, 6) is 0.394. The molecule has 3 aromatic rings. The lowest BCUT2D eigenvalue weighted by molar-refractivity contribution is 0.0938. The van der Waals surface area contributed by atoms with Crippen LogP contribution in [0.5, 0.6) is 5.75 Å². The average molecular weight is 418 g/mol. The van der Waals surface area contributed by atoms with Crippen LogP contribution in [-0.4, -0.2) is 15.7 Å². The molecule has 0 aliphatic rings. The van der Waals surface area contributed by atoms with Crippen LogP contribution in [-0.2, 0) is 13.2 Å². The van der Waals surface area contributed by atoms with Crippen LogP contribution in [0, 0.1) is 0 Å². The van der Waals surface area contributed by atoms with Crippen LogP contribution < -0.4 is 10.1 Å². The van der Waals surface area contributed by atoms with Crippen LogP contribution in [0.15, 0.2) is 54.7 Å². The summed E-state index contributed by atoms with van der Waals surface area (Å²) >= 11 is 12.0. The number of aromatic nitrogens is 2. The number of nitrogens with zero attached hydrogens (tertiary/aromatic N) is 2. The Morgan fingerprint density at radius 1 is 1.21 bits per heavy atom. The molecule has 1 amide bonds. The Balaban J connectivity index is 1.66. The van der Waals surface area contributed by atoms with Crippen LogP contribution >= 0.6 is 23.2 Å². The van der Waals surface area contributed by atoms with Crippen LogP contribution in [0.4, 0.5) is 0 Å². The molecule has 146 valence electrons. The van der Waals surface area contributed by atoms with Gasteiger partial charge in [-0.2, -0.15) is 5.10 Å². The van der Waals surface area contributed by atoms with E-state index in [0.29, 0.717) is 28.0 Å². The molecule has 7 heteroatoms. The molecule has 0 bridgehead atoms. The molecule has 0 aliphatic carbocycles. The van der Waals surface area contributed by atoms with E-state index >= 15 is 0 Å². The first-order valence-corrected chi connectivity index (χ1v) is 9.73. The summed E-state index contributed by atoms with van der Waals surface area (Å²) in [4.78, 5) is 12.7. The summed E-state index contributed by atoms with van der Waals surface area (Å²) in [5, 5.41) is 8.26. The van der Waals surface area contributed by atoms with Crippen molar-refractivity contribution in [3.63, 3.8) is 0 Å². The number of hydrogen-bond donors (Lipinski definition) is 1. The highest BCUT2D eigenvalue weighted by molar-refractivity contribution is 6.35. The second-order valence-electron chi connectivity index (χ2n) is 6.33. The molecule has 3 rings (SSSR count). The highest BCUT2D eigenvalue weighted by atomic mass is 35.5. The third-order valence-corrected chi connectivity index (χ3v) is 4.85. The number of rotatable bonds is 7. The number of aryl methyl sites for hydroxylation is 1. The fraction of sp³-hybridized carbons (Fsp3) is 0.238. The average Bonchev–Trinajstić information content (AvgIpc) is 3.16. The molecule has 0 saturated carbocycles. The molecular formula is C21H21Cl2N3O2. The van der Waals surface area contributed by atoms with Crippen molar-refractivity contribution < 1.29 is 9.53 Å². The number of nitrogens with one attached hydrogen (secondary N) is 1. The van der Waals surface area contributed by atoms with E-state index in [-0.39, 0.29) is 11.9 Å². The lowest BCUT2D eigenvalue weighted by Crippen LogP contribution is -2.28. The largest absolute Gasteiger partial charge is 0.487 e. The number of benzene rings is 2. The van der Waals surface area contributed by atoms with Crippen molar-refractivity contribution >= 4 is 29.1 Å². The highest BCUT2D eigenvalue weighted by Gasteiger charge is 2.15. The maximum absolute atomic E-state index is 12.7. The highest BCUT2D eigenvalue weighted by Crippen LogP contribution is 2.28. The van der Waals surface area contributed by atoms with E-state index in [1.165, 1.54) is 0 Å². The second kappa shape index (κ2) is 9.13. The van der Waals surface area contributed by atoms with Crippen LogP contribution in [0.25, 0.3) is 0 Å². The van der Waals surface area contributed by atoms with Gasteiger partial charge in [0.15, 0.2) is 0 Å². The summed E-state index contributed by atoms with van der Waals surface area (Å²) in [6.07, 6.45) is 1.74. The number of carbonyl (C=O) groups is 1. The van der Waals surface area contributed by atoms with Gasteiger partial charge in [0, 0.05) is 23.3 Å². The van der Waals surface area contributed by atoms with Gasteiger partial charge in [-0.25, -0.2) is 0 Å². The molecule has 0 aliphatic heterocycles. The third kappa shape index (κ3) is 4.86. The number of hydrogen-bond acceptors (Lipinski definition) is 3. The van der Waals surface area contributed by atoms with Crippen molar-refractivity contribution in [3.8, 4) is 5.75 Å². The number of carbonyl (C=O) groups excluding carboxylic acids is 1. The van der Waals surface area contributed by atoms with Crippen LogP contribution in [0.1, 0.15) is 41.5 Å². The van der Waals surface area contributed by atoms with Crippen molar-refractivity contribution in [2.45, 2.75) is 33.0 Å². The van der Waals surface area contributed by atoms with Gasteiger partial charge in [-0.1, -0.05) is 35.3 Å². The summed E-state index contributed by atoms with van der Waals surface area (Å²) in [6.45, 7) is 5.00. The van der Waals surface area contributed by atoms with E-state index in [9.17, 15) is 4.79 Å². The molecule has 2 aromatic carbocycles. The smallest absolute Gasteiger partial charge is 0.251 e. The summed E-state index contributed by atoms with van der Waals surface area (Å²) in [7, 11) is 0. The maximum Gasteiger partial charge on any atom is 0.251 e. The van der Waals surface area contributed by atoms with Gasteiger partial charge in [0.1, 0.15) is 12.4 Å². The van der Waals surface area contributed by atoms with E-state index in [1.807, 2.05) is 42.8 Å². The fourth-order valence-electron chi connectivity index (χ4n) is 2.88. The standard InChI is InChI=1S/C21H21Cl2N3O2/c1-3-26-19(9-10-24-26)14(2)25-21(27)16-6-4-5-15(11-16)13-28-20-8-7-17(22)12-18(20)23/h4-12,14H,3,13H2,1-2H3,(H,25,27). The van der Waals surface area contributed by atoms with Gasteiger partial charge in [-0.15, -0.1) is 0 Å². The van der Waals surface area contributed by atoms with E-state index in [2.05, 4.69) is 10.4 Å². The molecule has 0 fully saturated rings. The predicted octanol–water partition coefficient (Wildman–Crippen LogP) is 5.28. The van der Waals surface area contributed by atoms with Crippen molar-refractivity contribution in [1.29, 1.82) is 0 Å². The van der Waals surface area contributed by atoms with Gasteiger partial charge in [0.2, 0.25) is 0 Å². The first kappa shape index (κ1) is 20.2. The topological polar surface area (TPSA) is 56.2 Å². The number of halogens is 2. The van der Waals surface area contributed by atoms with Gasteiger partial charge >= 0.3 is 0 Å². The molecular weight excluding hydrogens is 397 g/mol. The zero-order valence-electron chi connectivity index (χ0n) is 15.7. The first-order chi connectivity index (χ1) is 13.5. The maximum atomic E-state index is 12.7. The third-order valence-electron chi connectivity index (χ3n) is 4.32. The van der Waals surface area contributed by atoms with E-state index in [4.69, 9.17) is 27.9 Å². The van der Waals surface area contributed by atoms with Crippen molar-refractivity contribution in [3.05, 3.63) is 81.6 Å². The zero-order chi connectivity index (χ0) is 20.1. The molecule has 0 saturated heterocycles. The second-order valence-corrected chi connectivity index (χ2v) is 7.17. The molecule has 1 unspecified atom stereocenters. The van der Waals surface area contributed by atoms with E-state index < -0.39 is 0 Å². The SMILES string of the molecule is CCn1nccc1C(C)NC(=O)c1cccc(COc2ccc(Cl)cc2Cl)c1. The van der Waals surface area contributed by atoms with E-state index in [1.54, 1.807) is 30.5 Å². The normalized spacial score (nSPS) is 11.9. The minimum Gasteiger partial charge on any atom is -0.487 e. The van der Waals surface area contributed by atoms with Crippen LogP contribution in [0.2, 0.25) is 10.0 Å². The van der Waals surface area contributed by atoms with Crippen molar-refractivity contribution in [2.75, 3.05) is 0 Å². The van der Waals surface area contributed by atoms with Gasteiger partial charge in [-0.3, -0.25) is 9.48 Å². The first-order valence-electron chi connectivity index (χ1n) is 8.97. The Bertz CT molecular complexity index is 972.